The van der Waals surface area contributed by atoms with Crippen LogP contribution < -0.4 is 10.6 Å². The zero-order valence-electron chi connectivity index (χ0n) is 23.8. The molecule has 4 N–H and O–H groups in total. The van der Waals surface area contributed by atoms with Gasteiger partial charge in [0.1, 0.15) is 12.7 Å². The van der Waals surface area contributed by atoms with Gasteiger partial charge in [0.05, 0.1) is 18.2 Å². The van der Waals surface area contributed by atoms with Crippen LogP contribution >= 0.6 is 0 Å². The Morgan fingerprint density at radius 3 is 2.75 bits per heavy atom. The van der Waals surface area contributed by atoms with E-state index in [1.807, 2.05) is 11.8 Å². The summed E-state index contributed by atoms with van der Waals surface area (Å²) in [6, 6.07) is 0. The van der Waals surface area contributed by atoms with E-state index < -0.39 is 23.2 Å². The second-order valence-electron chi connectivity index (χ2n) is 13.7. The lowest BCUT2D eigenvalue weighted by molar-refractivity contribution is -0.244. The lowest BCUT2D eigenvalue weighted by Crippen LogP contribution is -2.67. The second-order valence-corrected chi connectivity index (χ2v) is 13.7. The van der Waals surface area contributed by atoms with Crippen LogP contribution in [0.1, 0.15) is 65.2 Å². The Kier molecular flexibility index (Phi) is 7.19. The van der Waals surface area contributed by atoms with Gasteiger partial charge in [0.15, 0.2) is 0 Å². The standard InChI is InChI=1S/C30H45N3O7/c1-28-7-5-20(40-27(37)32-10-12-33-11-9-31-25(35)16-33)14-19(28)3-4-22-23(28)15-24(34)29(2)21(6-8-30(22,29)38)18-13-26(36)39-17-18/h13,19-24,34,38H,3-12,14-17H2,1-2H3,(H,31,35)(H,32,37)/t19-,20+,21-,22-,23+,24-,28+,29+,30+/m1/s1. The largest absolute Gasteiger partial charge is 0.458 e. The molecule has 9 atom stereocenters. The molecule has 0 unspecified atom stereocenters. The number of cyclic esters (lactones) is 1. The highest BCUT2D eigenvalue weighted by molar-refractivity contribution is 5.85. The average molecular weight is 560 g/mol. The summed E-state index contributed by atoms with van der Waals surface area (Å²) >= 11 is 0. The van der Waals surface area contributed by atoms with Crippen LogP contribution in [-0.2, 0) is 19.1 Å². The Bertz CT molecular complexity index is 1080. The lowest BCUT2D eigenvalue weighted by Gasteiger charge is -2.65. The molecule has 0 aromatic heterocycles. The van der Waals surface area contributed by atoms with Crippen molar-refractivity contribution in [2.45, 2.75) is 83.0 Å². The molecule has 5 fully saturated rings. The molecule has 10 nitrogen and oxygen atoms in total. The van der Waals surface area contributed by atoms with Crippen LogP contribution in [-0.4, -0.2) is 90.2 Å². The first-order chi connectivity index (χ1) is 19.0. The van der Waals surface area contributed by atoms with E-state index in [1.54, 1.807) is 6.08 Å². The van der Waals surface area contributed by atoms with Crippen LogP contribution in [0.25, 0.3) is 0 Å². The fourth-order valence-corrected chi connectivity index (χ4v) is 9.85. The zero-order valence-corrected chi connectivity index (χ0v) is 23.8. The molecule has 0 spiro atoms. The number of fused-ring (bicyclic) bond motifs is 5. The van der Waals surface area contributed by atoms with Gasteiger partial charge in [-0.25, -0.2) is 9.59 Å². The van der Waals surface area contributed by atoms with E-state index in [0.29, 0.717) is 44.9 Å². The molecule has 6 aliphatic rings. The van der Waals surface area contributed by atoms with Crippen molar-refractivity contribution in [2.75, 3.05) is 39.3 Å². The number of ether oxygens (including phenoxy) is 2. The summed E-state index contributed by atoms with van der Waals surface area (Å²) in [6.45, 7) is 7.46. The third-order valence-corrected chi connectivity index (χ3v) is 12.1. The van der Waals surface area contributed by atoms with Crippen molar-refractivity contribution in [1.29, 1.82) is 0 Å². The van der Waals surface area contributed by atoms with Gasteiger partial charge >= 0.3 is 12.1 Å². The molecule has 4 saturated carbocycles. The van der Waals surface area contributed by atoms with Crippen molar-refractivity contribution in [1.82, 2.24) is 15.5 Å². The van der Waals surface area contributed by atoms with Crippen LogP contribution in [0.4, 0.5) is 4.79 Å². The van der Waals surface area contributed by atoms with Crippen LogP contribution in [0.3, 0.4) is 0 Å². The molecule has 40 heavy (non-hydrogen) atoms. The number of aliphatic hydroxyl groups is 2. The van der Waals surface area contributed by atoms with Gasteiger partial charge in [-0.15, -0.1) is 0 Å². The smallest absolute Gasteiger partial charge is 0.407 e. The van der Waals surface area contributed by atoms with E-state index in [2.05, 4.69) is 17.6 Å². The summed E-state index contributed by atoms with van der Waals surface area (Å²) in [5.74, 6) is 0.302. The van der Waals surface area contributed by atoms with E-state index in [1.165, 1.54) is 0 Å². The highest BCUT2D eigenvalue weighted by Crippen LogP contribution is 2.70. The summed E-state index contributed by atoms with van der Waals surface area (Å²) in [5.41, 5.74) is -0.801. The van der Waals surface area contributed by atoms with Crippen molar-refractivity contribution in [3.8, 4) is 0 Å². The first-order valence-corrected chi connectivity index (χ1v) is 15.3. The molecule has 2 heterocycles. The minimum absolute atomic E-state index is 0.0149. The molecule has 4 aliphatic carbocycles. The minimum atomic E-state index is -0.983. The van der Waals surface area contributed by atoms with Gasteiger partial charge in [-0.05, 0) is 86.0 Å². The summed E-state index contributed by atoms with van der Waals surface area (Å²) < 4.78 is 11.0. The molecule has 10 heteroatoms. The number of hydrogen-bond acceptors (Lipinski definition) is 8. The van der Waals surface area contributed by atoms with Gasteiger partial charge in [-0.1, -0.05) is 13.8 Å². The maximum Gasteiger partial charge on any atom is 0.407 e. The maximum atomic E-state index is 12.6. The molecule has 0 bridgehead atoms. The third-order valence-electron chi connectivity index (χ3n) is 12.1. The van der Waals surface area contributed by atoms with Gasteiger partial charge in [0.25, 0.3) is 0 Å². The molecule has 2 amide bonds. The number of carbonyl (C=O) groups is 3. The Morgan fingerprint density at radius 2 is 2.00 bits per heavy atom. The minimum Gasteiger partial charge on any atom is -0.458 e. The van der Waals surface area contributed by atoms with Crippen LogP contribution in [0.2, 0.25) is 0 Å². The predicted octanol–water partition coefficient (Wildman–Crippen LogP) is 1.74. The SMILES string of the molecule is C[C@]12CC[C@H](OC(=O)NCCN3CCNC(=O)C3)C[C@H]1CC[C@@H]1[C@@H]2C[C@@H](O)[C@]2(C)[C@@H](C3=CC(=O)OC3)CC[C@]12O. The predicted molar refractivity (Wildman–Crippen MR) is 145 cm³/mol. The number of esters is 1. The normalized spacial score (nSPS) is 45.0. The van der Waals surface area contributed by atoms with E-state index in [-0.39, 0.29) is 47.8 Å². The number of amides is 2. The Morgan fingerprint density at radius 1 is 1.18 bits per heavy atom. The monoisotopic (exact) mass is 559 g/mol. The highest BCUT2D eigenvalue weighted by Gasteiger charge is 2.70. The number of piperazine rings is 1. The van der Waals surface area contributed by atoms with Crippen molar-refractivity contribution in [2.24, 2.45) is 34.5 Å². The number of nitrogens with one attached hydrogen (secondary N) is 2. The highest BCUT2D eigenvalue weighted by atomic mass is 16.6. The molecule has 0 aromatic carbocycles. The molecule has 0 aromatic rings. The molecule has 222 valence electrons. The maximum absolute atomic E-state index is 12.6. The summed E-state index contributed by atoms with van der Waals surface area (Å²) in [4.78, 5) is 37.9. The van der Waals surface area contributed by atoms with E-state index in [0.717, 1.165) is 50.6 Å². The lowest BCUT2D eigenvalue weighted by atomic mass is 9.42. The number of aliphatic hydroxyl groups excluding tert-OH is 1. The first-order valence-electron chi connectivity index (χ1n) is 15.3. The number of rotatable bonds is 5. The van der Waals surface area contributed by atoms with Gasteiger partial charge in [-0.3, -0.25) is 9.69 Å². The Hall–Kier alpha value is -2.17. The van der Waals surface area contributed by atoms with Crippen LogP contribution in [0.15, 0.2) is 11.6 Å². The fraction of sp³-hybridized carbons (Fsp3) is 0.833. The summed E-state index contributed by atoms with van der Waals surface area (Å²) in [6.07, 6.45) is 6.75. The van der Waals surface area contributed by atoms with Gasteiger partial charge in [0.2, 0.25) is 5.91 Å². The van der Waals surface area contributed by atoms with Gasteiger partial charge in [-0.2, -0.15) is 0 Å². The number of nitrogens with zero attached hydrogens (tertiary/aromatic N) is 1. The van der Waals surface area contributed by atoms with E-state index in [4.69, 9.17) is 9.47 Å². The van der Waals surface area contributed by atoms with E-state index >= 15 is 0 Å². The zero-order chi connectivity index (χ0) is 28.3. The fourth-order valence-electron chi connectivity index (χ4n) is 9.85. The van der Waals surface area contributed by atoms with Crippen LogP contribution in [0.5, 0.6) is 0 Å². The number of alkyl carbamates (subject to hydrolysis) is 1. The topological polar surface area (TPSA) is 137 Å². The number of carbonyl (C=O) groups excluding carboxylic acids is 3. The van der Waals surface area contributed by atoms with Crippen molar-refractivity contribution >= 4 is 18.0 Å². The second kappa shape index (κ2) is 10.3. The number of hydrogen-bond donors (Lipinski definition) is 4. The molecular formula is C30H45N3O7. The van der Waals surface area contributed by atoms with Crippen molar-refractivity contribution in [3.63, 3.8) is 0 Å². The third kappa shape index (κ3) is 4.45. The first kappa shape index (κ1) is 28.0. The molecule has 2 aliphatic heterocycles. The van der Waals surface area contributed by atoms with Crippen LogP contribution in [0, 0.1) is 34.5 Å². The molecule has 1 saturated heterocycles. The Balaban J connectivity index is 1.08. The summed E-state index contributed by atoms with van der Waals surface area (Å²) in [7, 11) is 0. The molecule has 6 rings (SSSR count). The quantitative estimate of drug-likeness (QED) is 0.374. The van der Waals surface area contributed by atoms with Crippen molar-refractivity contribution < 1.29 is 34.1 Å². The van der Waals surface area contributed by atoms with Gasteiger partial charge in [0, 0.05) is 37.7 Å². The molecular weight excluding hydrogens is 514 g/mol. The van der Waals surface area contributed by atoms with E-state index in [9.17, 15) is 24.6 Å². The van der Waals surface area contributed by atoms with Crippen molar-refractivity contribution in [3.05, 3.63) is 11.6 Å². The van der Waals surface area contributed by atoms with Gasteiger partial charge < -0.3 is 30.3 Å². The average Bonchev–Trinajstić information content (AvgIpc) is 3.46. The molecule has 0 radical (unpaired) electrons. The summed E-state index contributed by atoms with van der Waals surface area (Å²) in [5, 5.41) is 29.7. The Labute approximate surface area is 236 Å².